The molecule has 0 radical (unpaired) electrons. The first-order chi connectivity index (χ1) is 12.3. The number of hydrogen-bond acceptors (Lipinski definition) is 7. The maximum absolute atomic E-state index is 12.2. The fourth-order valence-electron chi connectivity index (χ4n) is 3.50. The Labute approximate surface area is 159 Å². The van der Waals surface area contributed by atoms with Gasteiger partial charge in [0.1, 0.15) is 5.60 Å². The van der Waals surface area contributed by atoms with Crippen molar-refractivity contribution < 1.29 is 14.6 Å². The number of carbonyl (C=O) groups is 1. The van der Waals surface area contributed by atoms with E-state index in [9.17, 15) is 9.90 Å². The van der Waals surface area contributed by atoms with E-state index < -0.39 is 11.7 Å². The average molecular weight is 383 g/mol. The summed E-state index contributed by atoms with van der Waals surface area (Å²) in [6.07, 6.45) is 3.15. The number of hydrogen-bond donors (Lipinski definition) is 2. The molecule has 1 aromatic rings. The molecular weight excluding hydrogens is 352 g/mol. The van der Waals surface area contributed by atoms with E-state index in [1.54, 1.807) is 16.2 Å². The van der Waals surface area contributed by atoms with E-state index >= 15 is 0 Å². The Kier molecular flexibility index (Phi) is 6.04. The van der Waals surface area contributed by atoms with Gasteiger partial charge in [-0.2, -0.15) is 0 Å². The molecule has 2 aliphatic rings. The van der Waals surface area contributed by atoms with Crippen molar-refractivity contribution in [1.29, 1.82) is 0 Å². The van der Waals surface area contributed by atoms with E-state index in [1.807, 2.05) is 32.3 Å². The number of β-amino-alcohol motifs (C(OH)–C–C–N with tert-alkyl or cyclic N) is 1. The number of piperidine rings is 1. The monoisotopic (exact) mass is 382 g/mol. The first kappa shape index (κ1) is 19.4. The molecule has 26 heavy (non-hydrogen) atoms. The van der Waals surface area contributed by atoms with Crippen LogP contribution in [0.5, 0.6) is 0 Å². The van der Waals surface area contributed by atoms with Gasteiger partial charge in [-0.3, -0.25) is 0 Å². The molecule has 3 heterocycles. The van der Waals surface area contributed by atoms with Gasteiger partial charge in [-0.25, -0.2) is 9.78 Å². The fraction of sp³-hybridized carbons (Fsp3) is 0.778. The van der Waals surface area contributed by atoms with Crippen LogP contribution in [0.15, 0.2) is 11.6 Å². The van der Waals surface area contributed by atoms with Crippen LogP contribution in [0.25, 0.3) is 0 Å². The topological polar surface area (TPSA) is 77.9 Å². The van der Waals surface area contributed by atoms with Gasteiger partial charge in [-0.15, -0.1) is 11.3 Å². The summed E-state index contributed by atoms with van der Waals surface area (Å²) in [5.41, 5.74) is -0.510. The van der Waals surface area contributed by atoms with E-state index in [0.29, 0.717) is 19.1 Å². The number of rotatable bonds is 4. The summed E-state index contributed by atoms with van der Waals surface area (Å²) < 4.78 is 5.40. The molecule has 0 unspecified atom stereocenters. The van der Waals surface area contributed by atoms with Crippen molar-refractivity contribution in [2.24, 2.45) is 5.92 Å². The lowest BCUT2D eigenvalue weighted by atomic mass is 10.0. The first-order valence-corrected chi connectivity index (χ1v) is 10.2. The number of thiazole rings is 1. The van der Waals surface area contributed by atoms with Crippen molar-refractivity contribution in [3.63, 3.8) is 0 Å². The Morgan fingerprint density at radius 1 is 1.38 bits per heavy atom. The zero-order chi connectivity index (χ0) is 18.7. The minimum Gasteiger partial charge on any atom is -0.444 e. The van der Waals surface area contributed by atoms with Crippen molar-refractivity contribution in [1.82, 2.24) is 15.2 Å². The molecule has 1 aromatic heterocycles. The molecule has 2 atom stereocenters. The number of amides is 1. The SMILES string of the molecule is CC(C)(C)OC(=O)N1C[C@@H](CNC2CCN(c3nccs3)CC2)[C@@H](O)C1. The summed E-state index contributed by atoms with van der Waals surface area (Å²) in [4.78, 5) is 20.5. The van der Waals surface area contributed by atoms with Crippen LogP contribution in [0, 0.1) is 5.92 Å². The number of aliphatic hydroxyl groups excluding tert-OH is 1. The zero-order valence-electron chi connectivity index (χ0n) is 15.9. The van der Waals surface area contributed by atoms with E-state index in [-0.39, 0.29) is 12.0 Å². The molecule has 8 heteroatoms. The van der Waals surface area contributed by atoms with Gasteiger partial charge in [-0.05, 0) is 33.6 Å². The van der Waals surface area contributed by atoms with E-state index in [2.05, 4.69) is 15.2 Å². The van der Waals surface area contributed by atoms with Gasteiger partial charge < -0.3 is 25.0 Å². The van der Waals surface area contributed by atoms with Crippen LogP contribution in [0.3, 0.4) is 0 Å². The third kappa shape index (κ3) is 5.08. The van der Waals surface area contributed by atoms with E-state index in [0.717, 1.165) is 37.6 Å². The van der Waals surface area contributed by atoms with Crippen molar-refractivity contribution in [2.75, 3.05) is 37.6 Å². The highest BCUT2D eigenvalue weighted by Crippen LogP contribution is 2.23. The summed E-state index contributed by atoms with van der Waals surface area (Å²) in [6, 6.07) is 0.453. The second-order valence-corrected chi connectivity index (χ2v) is 9.07. The molecule has 0 saturated carbocycles. The highest BCUT2D eigenvalue weighted by atomic mass is 32.1. The number of likely N-dealkylation sites (tertiary alicyclic amines) is 1. The minimum absolute atomic E-state index is 0.0551. The van der Waals surface area contributed by atoms with Crippen molar-refractivity contribution in [3.8, 4) is 0 Å². The molecule has 146 valence electrons. The Balaban J connectivity index is 1.40. The van der Waals surface area contributed by atoms with Crippen molar-refractivity contribution >= 4 is 22.6 Å². The molecule has 3 rings (SSSR count). The fourth-order valence-corrected chi connectivity index (χ4v) is 4.19. The third-order valence-corrected chi connectivity index (χ3v) is 5.74. The van der Waals surface area contributed by atoms with Crippen LogP contribution >= 0.6 is 11.3 Å². The molecule has 2 fully saturated rings. The van der Waals surface area contributed by atoms with Crippen LogP contribution in [0.4, 0.5) is 9.93 Å². The predicted octanol–water partition coefficient (Wildman–Crippen LogP) is 1.93. The third-order valence-electron chi connectivity index (χ3n) is 4.91. The predicted molar refractivity (Wildman–Crippen MR) is 103 cm³/mol. The molecule has 0 bridgehead atoms. The largest absolute Gasteiger partial charge is 0.444 e. The summed E-state index contributed by atoms with van der Waals surface area (Å²) in [5.74, 6) is 0.0551. The minimum atomic E-state index is -0.510. The summed E-state index contributed by atoms with van der Waals surface area (Å²) >= 11 is 1.68. The van der Waals surface area contributed by atoms with Crippen LogP contribution in [0.2, 0.25) is 0 Å². The molecule has 0 aromatic carbocycles. The lowest BCUT2D eigenvalue weighted by Gasteiger charge is -2.33. The molecule has 2 aliphatic heterocycles. The summed E-state index contributed by atoms with van der Waals surface area (Å²) in [5, 5.41) is 17.0. The van der Waals surface area contributed by atoms with Gasteiger partial charge in [0.25, 0.3) is 0 Å². The van der Waals surface area contributed by atoms with Gasteiger partial charge >= 0.3 is 6.09 Å². The molecular formula is C18H30N4O3S. The number of nitrogens with one attached hydrogen (secondary N) is 1. The number of aliphatic hydroxyl groups is 1. The van der Waals surface area contributed by atoms with Crippen LogP contribution < -0.4 is 10.2 Å². The smallest absolute Gasteiger partial charge is 0.410 e. The number of nitrogens with zero attached hydrogens (tertiary/aromatic N) is 3. The standard InChI is InChI=1S/C18H30N4O3S/c1-18(2,3)25-17(24)22-11-13(15(23)12-22)10-20-14-4-7-21(8-5-14)16-19-6-9-26-16/h6,9,13-15,20,23H,4-5,7-8,10-12H2,1-3H3/t13-,15+/m1/s1. The molecule has 0 spiro atoms. The van der Waals surface area contributed by atoms with Gasteiger partial charge in [0.15, 0.2) is 5.13 Å². The lowest BCUT2D eigenvalue weighted by molar-refractivity contribution is 0.0270. The van der Waals surface area contributed by atoms with E-state index in [1.165, 1.54) is 0 Å². The first-order valence-electron chi connectivity index (χ1n) is 9.35. The van der Waals surface area contributed by atoms with Gasteiger partial charge in [0.05, 0.1) is 12.6 Å². The number of anilines is 1. The Hall–Kier alpha value is -1.38. The summed E-state index contributed by atoms with van der Waals surface area (Å²) in [7, 11) is 0. The van der Waals surface area contributed by atoms with Gasteiger partial charge in [0, 0.05) is 49.7 Å². The zero-order valence-corrected chi connectivity index (χ0v) is 16.7. The Morgan fingerprint density at radius 2 is 2.12 bits per heavy atom. The quantitative estimate of drug-likeness (QED) is 0.829. The van der Waals surface area contributed by atoms with Gasteiger partial charge in [0.2, 0.25) is 0 Å². The van der Waals surface area contributed by atoms with Crippen LogP contribution in [-0.2, 0) is 4.74 Å². The van der Waals surface area contributed by atoms with Crippen molar-refractivity contribution in [2.45, 2.75) is 51.4 Å². The molecule has 1 amide bonds. The highest BCUT2D eigenvalue weighted by molar-refractivity contribution is 7.13. The van der Waals surface area contributed by atoms with Crippen LogP contribution in [-0.4, -0.2) is 71.6 Å². The average Bonchev–Trinajstić information content (AvgIpc) is 3.22. The number of ether oxygens (including phenoxy) is 1. The number of carbonyl (C=O) groups excluding carboxylic acids is 1. The molecule has 2 N–H and O–H groups in total. The molecule has 0 aliphatic carbocycles. The van der Waals surface area contributed by atoms with E-state index in [4.69, 9.17) is 4.74 Å². The normalized spacial score (nSPS) is 24.9. The second-order valence-electron chi connectivity index (χ2n) is 8.20. The van der Waals surface area contributed by atoms with Crippen molar-refractivity contribution in [3.05, 3.63) is 11.6 Å². The summed E-state index contributed by atoms with van der Waals surface area (Å²) in [6.45, 7) is 9.19. The molecule has 2 saturated heterocycles. The maximum atomic E-state index is 12.2. The Bertz CT molecular complexity index is 582. The molecule has 7 nitrogen and oxygen atoms in total. The number of aromatic nitrogens is 1. The Morgan fingerprint density at radius 3 is 2.73 bits per heavy atom. The maximum Gasteiger partial charge on any atom is 0.410 e. The lowest BCUT2D eigenvalue weighted by Crippen LogP contribution is -2.45. The highest BCUT2D eigenvalue weighted by Gasteiger charge is 2.36. The van der Waals surface area contributed by atoms with Crippen LogP contribution in [0.1, 0.15) is 33.6 Å². The van der Waals surface area contributed by atoms with Gasteiger partial charge in [-0.1, -0.05) is 0 Å². The second kappa shape index (κ2) is 8.10.